The van der Waals surface area contributed by atoms with Crippen LogP contribution in [0.15, 0.2) is 47.2 Å². The van der Waals surface area contributed by atoms with E-state index in [4.69, 9.17) is 22.2 Å². The van der Waals surface area contributed by atoms with Gasteiger partial charge < -0.3 is 4.74 Å². The molecule has 0 aliphatic carbocycles. The van der Waals surface area contributed by atoms with Crippen molar-refractivity contribution in [3.05, 3.63) is 52.9 Å². The van der Waals surface area contributed by atoms with Crippen LogP contribution in [0.25, 0.3) is 11.1 Å². The van der Waals surface area contributed by atoms with Gasteiger partial charge in [0.2, 0.25) is 0 Å². The summed E-state index contributed by atoms with van der Waals surface area (Å²) < 4.78 is 5.40. The van der Waals surface area contributed by atoms with Gasteiger partial charge in [0.1, 0.15) is 16.7 Å². The van der Waals surface area contributed by atoms with Crippen molar-refractivity contribution in [2.75, 3.05) is 12.1 Å². The first kappa shape index (κ1) is 15.5. The van der Waals surface area contributed by atoms with Crippen LogP contribution in [0.3, 0.4) is 0 Å². The molecule has 0 bridgehead atoms. The highest BCUT2D eigenvalue weighted by molar-refractivity contribution is 6.32. The number of aliphatic imine (C=N–C) groups is 1. The van der Waals surface area contributed by atoms with Gasteiger partial charge in [-0.2, -0.15) is 0 Å². The lowest BCUT2D eigenvalue weighted by atomic mass is 10.0. The Hall–Kier alpha value is -2.37. The summed E-state index contributed by atoms with van der Waals surface area (Å²) in [6.07, 6.45) is 4.52. The maximum Gasteiger partial charge on any atom is 0.159 e. The monoisotopic (exact) mass is 328 g/mol. The van der Waals surface area contributed by atoms with Gasteiger partial charge in [0.25, 0.3) is 0 Å². The average molecular weight is 329 g/mol. The van der Waals surface area contributed by atoms with Gasteiger partial charge >= 0.3 is 0 Å². The summed E-state index contributed by atoms with van der Waals surface area (Å²) in [6, 6.07) is 9.59. The molecule has 1 aliphatic rings. The van der Waals surface area contributed by atoms with Crippen LogP contribution < -0.4 is 15.6 Å². The van der Waals surface area contributed by atoms with E-state index in [0.29, 0.717) is 16.8 Å². The number of anilines is 1. The molecule has 0 saturated heterocycles. The molecule has 0 atom stereocenters. The molecule has 0 spiro atoms. The van der Waals surface area contributed by atoms with Crippen molar-refractivity contribution in [2.24, 2.45) is 10.8 Å². The van der Waals surface area contributed by atoms with Gasteiger partial charge in [-0.1, -0.05) is 36.7 Å². The first-order valence-corrected chi connectivity index (χ1v) is 7.66. The predicted molar refractivity (Wildman–Crippen MR) is 93.9 cm³/mol. The van der Waals surface area contributed by atoms with Gasteiger partial charge in [-0.25, -0.2) is 20.8 Å². The minimum atomic E-state index is 0.370. The molecule has 5 nitrogen and oxygen atoms in total. The normalized spacial score (nSPS) is 15.0. The Bertz CT molecular complexity index is 801. The quantitative estimate of drug-likeness (QED) is 0.688. The number of para-hydroxylation sites is 1. The molecule has 0 radical (unpaired) electrons. The van der Waals surface area contributed by atoms with Crippen molar-refractivity contribution in [1.82, 2.24) is 4.98 Å². The second kappa shape index (κ2) is 6.40. The molecule has 3 rings (SSSR count). The first-order chi connectivity index (χ1) is 11.2. The number of hydrogen-bond donors (Lipinski definition) is 1. The SMILES string of the molecule is CC/C=C1/N=Cc2cc(-c3ccccc3OC)c(Cl)nc2N1N. The second-order valence-corrected chi connectivity index (χ2v) is 5.40. The fraction of sp³-hybridized carbons (Fsp3) is 0.176. The number of nitrogens with zero attached hydrogens (tertiary/aromatic N) is 3. The molecule has 0 unspecified atom stereocenters. The van der Waals surface area contributed by atoms with Crippen molar-refractivity contribution >= 4 is 23.6 Å². The number of ether oxygens (including phenoxy) is 1. The summed E-state index contributed by atoms with van der Waals surface area (Å²) >= 11 is 6.40. The zero-order chi connectivity index (χ0) is 16.4. The molecule has 23 heavy (non-hydrogen) atoms. The maximum atomic E-state index is 6.40. The maximum absolute atomic E-state index is 6.40. The lowest BCUT2D eigenvalue weighted by Gasteiger charge is -2.24. The minimum absolute atomic E-state index is 0.370. The van der Waals surface area contributed by atoms with Crippen molar-refractivity contribution in [2.45, 2.75) is 13.3 Å². The van der Waals surface area contributed by atoms with Crippen LogP contribution in [0.1, 0.15) is 18.9 Å². The third kappa shape index (κ3) is 2.81. The van der Waals surface area contributed by atoms with E-state index in [0.717, 1.165) is 28.9 Å². The average Bonchev–Trinajstić information content (AvgIpc) is 2.57. The highest BCUT2D eigenvalue weighted by Crippen LogP contribution is 2.37. The minimum Gasteiger partial charge on any atom is -0.496 e. The van der Waals surface area contributed by atoms with Crippen LogP contribution in [0, 0.1) is 0 Å². The Labute approximate surface area is 140 Å². The zero-order valence-electron chi connectivity index (χ0n) is 13.0. The Kier molecular flexibility index (Phi) is 4.32. The molecule has 2 aromatic rings. The Balaban J connectivity index is 2.13. The van der Waals surface area contributed by atoms with Crippen molar-refractivity contribution in [3.8, 4) is 16.9 Å². The van der Waals surface area contributed by atoms with Crippen LogP contribution in [0.4, 0.5) is 5.82 Å². The van der Waals surface area contributed by atoms with E-state index in [9.17, 15) is 0 Å². The number of aromatic nitrogens is 1. The summed E-state index contributed by atoms with van der Waals surface area (Å²) in [5, 5.41) is 1.83. The van der Waals surface area contributed by atoms with E-state index in [-0.39, 0.29) is 0 Å². The smallest absolute Gasteiger partial charge is 0.159 e. The third-order valence-electron chi connectivity index (χ3n) is 3.58. The molecule has 2 heterocycles. The number of fused-ring (bicyclic) bond motifs is 1. The Morgan fingerprint density at radius 2 is 2.09 bits per heavy atom. The molecule has 0 fully saturated rings. The number of halogens is 1. The van der Waals surface area contributed by atoms with Crippen LogP contribution in [0.2, 0.25) is 5.15 Å². The second-order valence-electron chi connectivity index (χ2n) is 5.04. The zero-order valence-corrected chi connectivity index (χ0v) is 13.7. The fourth-order valence-corrected chi connectivity index (χ4v) is 2.72. The molecule has 1 aromatic heterocycles. The molecule has 2 N–H and O–H groups in total. The van der Waals surface area contributed by atoms with Gasteiger partial charge in [0, 0.05) is 22.9 Å². The number of allylic oxidation sites excluding steroid dienone is 1. The number of nitrogens with two attached hydrogens (primary N) is 1. The highest BCUT2D eigenvalue weighted by Gasteiger charge is 2.21. The van der Waals surface area contributed by atoms with Crippen LogP contribution in [-0.4, -0.2) is 18.3 Å². The molecular formula is C17H17ClN4O. The topological polar surface area (TPSA) is 63.7 Å². The summed E-state index contributed by atoms with van der Waals surface area (Å²) in [6.45, 7) is 2.02. The number of pyridine rings is 1. The molecule has 1 aliphatic heterocycles. The predicted octanol–water partition coefficient (Wildman–Crippen LogP) is 3.77. The highest BCUT2D eigenvalue weighted by atomic mass is 35.5. The van der Waals surface area contributed by atoms with Crippen molar-refractivity contribution in [1.29, 1.82) is 0 Å². The van der Waals surface area contributed by atoms with E-state index < -0.39 is 0 Å². The van der Waals surface area contributed by atoms with Crippen LogP contribution in [-0.2, 0) is 0 Å². The van der Waals surface area contributed by atoms with E-state index in [2.05, 4.69) is 9.98 Å². The first-order valence-electron chi connectivity index (χ1n) is 7.28. The van der Waals surface area contributed by atoms with E-state index in [1.54, 1.807) is 13.3 Å². The van der Waals surface area contributed by atoms with Gasteiger partial charge in [-0.15, -0.1) is 0 Å². The summed E-state index contributed by atoms with van der Waals surface area (Å²) in [5.74, 6) is 8.08. The molecule has 0 saturated carbocycles. The van der Waals surface area contributed by atoms with Crippen LogP contribution in [0.5, 0.6) is 5.75 Å². The molecule has 1 aromatic carbocycles. The van der Waals surface area contributed by atoms with Crippen molar-refractivity contribution < 1.29 is 4.74 Å². The van der Waals surface area contributed by atoms with Gasteiger partial charge in [0.15, 0.2) is 5.82 Å². The van der Waals surface area contributed by atoms with Crippen molar-refractivity contribution in [3.63, 3.8) is 0 Å². The van der Waals surface area contributed by atoms with Crippen LogP contribution >= 0.6 is 11.6 Å². The number of benzene rings is 1. The third-order valence-corrected chi connectivity index (χ3v) is 3.87. The fourth-order valence-electron chi connectivity index (χ4n) is 2.48. The lowest BCUT2D eigenvalue weighted by Crippen LogP contribution is -2.33. The van der Waals surface area contributed by atoms with Gasteiger partial charge in [-0.3, -0.25) is 0 Å². The van der Waals surface area contributed by atoms with E-state index in [1.165, 1.54) is 5.01 Å². The van der Waals surface area contributed by atoms with Gasteiger partial charge in [0.05, 0.1) is 7.11 Å². The van der Waals surface area contributed by atoms with Gasteiger partial charge in [-0.05, 0) is 24.6 Å². The number of hydrazine groups is 1. The molecular weight excluding hydrogens is 312 g/mol. The number of hydrogen-bond acceptors (Lipinski definition) is 5. The number of methoxy groups -OCH3 is 1. The van der Waals surface area contributed by atoms with E-state index >= 15 is 0 Å². The van der Waals surface area contributed by atoms with E-state index in [1.807, 2.05) is 43.3 Å². The Morgan fingerprint density at radius 1 is 1.30 bits per heavy atom. The molecule has 6 heteroatoms. The summed E-state index contributed by atoms with van der Waals surface area (Å²) in [4.78, 5) is 8.83. The largest absolute Gasteiger partial charge is 0.496 e. The molecule has 0 amide bonds. The standard InChI is InChI=1S/C17H17ClN4O/c1-3-6-15-20-10-11-9-13(16(18)21-17(11)22(15)19)12-7-4-5-8-14(12)23-2/h4-10H,3,19H2,1-2H3/b15-6-. The molecule has 118 valence electrons. The summed E-state index contributed by atoms with van der Waals surface area (Å²) in [5.41, 5.74) is 2.47. The number of rotatable bonds is 3. The Morgan fingerprint density at radius 3 is 2.83 bits per heavy atom. The summed E-state index contributed by atoms with van der Waals surface area (Å²) in [7, 11) is 1.63. The lowest BCUT2D eigenvalue weighted by molar-refractivity contribution is 0.416.